The molecule has 0 aromatic carbocycles. The lowest BCUT2D eigenvalue weighted by Crippen LogP contribution is -2.21. The van der Waals surface area contributed by atoms with Crippen LogP contribution in [0.2, 0.25) is 0 Å². The third-order valence-electron chi connectivity index (χ3n) is 5.60. The van der Waals surface area contributed by atoms with E-state index in [9.17, 15) is 8.42 Å². The van der Waals surface area contributed by atoms with Gasteiger partial charge in [-0.2, -0.15) is 8.42 Å². The van der Waals surface area contributed by atoms with Gasteiger partial charge in [0.15, 0.2) is 0 Å². The first-order valence-electron chi connectivity index (χ1n) is 12.5. The number of unbranched alkanes of at least 4 members (excludes halogenated alkanes) is 15. The lowest BCUT2D eigenvalue weighted by molar-refractivity contribution is 0.308. The van der Waals surface area contributed by atoms with Crippen LogP contribution in [-0.2, 0) is 10.1 Å². The maximum Gasteiger partial charge on any atom is 0.264 e. The molecule has 0 spiro atoms. The molecular weight excluding hydrogens is 396 g/mol. The van der Waals surface area contributed by atoms with Crippen LogP contribution in [0, 0.1) is 0 Å². The third-order valence-corrected chi connectivity index (χ3v) is 6.40. The second-order valence-corrected chi connectivity index (χ2v) is 10.3. The minimum atomic E-state index is -3.74. The molecule has 30 heavy (non-hydrogen) atoms. The van der Waals surface area contributed by atoms with Crippen molar-refractivity contribution in [3.8, 4) is 0 Å². The van der Waals surface area contributed by atoms with Crippen molar-refractivity contribution in [2.24, 2.45) is 0 Å². The highest BCUT2D eigenvalue weighted by molar-refractivity contribution is 7.85. The van der Waals surface area contributed by atoms with Crippen molar-refractivity contribution >= 4 is 10.1 Å². The Bertz CT molecular complexity index is 495. The Kier molecular flexibility index (Phi) is 19.7. The van der Waals surface area contributed by atoms with Gasteiger partial charge in [0.1, 0.15) is 0 Å². The van der Waals surface area contributed by atoms with E-state index >= 15 is 0 Å². The highest BCUT2D eigenvalue weighted by Gasteiger charge is 2.04. The van der Waals surface area contributed by atoms with Gasteiger partial charge in [-0.25, -0.2) is 0 Å². The molecule has 0 radical (unpaired) electrons. The van der Waals surface area contributed by atoms with E-state index in [1.165, 1.54) is 83.5 Å². The lowest BCUT2D eigenvalue weighted by Gasteiger charge is -2.14. The molecule has 0 amide bonds. The second kappa shape index (κ2) is 20.2. The predicted molar refractivity (Wildman–Crippen MR) is 130 cm³/mol. The Hall–Kier alpha value is -0.750. The molecule has 0 atom stereocenters. The summed E-state index contributed by atoms with van der Waals surface area (Å²) < 4.78 is 29.7. The molecule has 0 bridgehead atoms. The number of hydrogen-bond acceptors (Lipinski definition) is 4. The average molecular weight is 447 g/mol. The molecule has 1 heterocycles. The number of nitrogens with zero attached hydrogens (tertiary/aromatic N) is 2. The van der Waals surface area contributed by atoms with Crippen molar-refractivity contribution < 1.29 is 13.0 Å². The van der Waals surface area contributed by atoms with Crippen molar-refractivity contribution in [2.45, 2.75) is 117 Å². The summed E-state index contributed by atoms with van der Waals surface area (Å²) in [6.07, 6.45) is 24.5. The summed E-state index contributed by atoms with van der Waals surface area (Å²) in [5, 5.41) is 0. The van der Waals surface area contributed by atoms with Crippen LogP contribution in [0.4, 0.5) is 0 Å². The molecule has 0 aromatic rings. The average Bonchev–Trinajstić information content (AvgIpc) is 3.13. The van der Waals surface area contributed by atoms with Gasteiger partial charge in [0.05, 0.1) is 12.4 Å². The summed E-state index contributed by atoms with van der Waals surface area (Å²) in [4.78, 5) is 4.41. The molecule has 0 saturated carbocycles. The Morgan fingerprint density at radius 3 is 1.37 bits per heavy atom. The quantitative estimate of drug-likeness (QED) is 0.185. The molecule has 1 aliphatic rings. The zero-order chi connectivity index (χ0) is 22.5. The van der Waals surface area contributed by atoms with E-state index in [0.29, 0.717) is 6.42 Å². The van der Waals surface area contributed by atoms with E-state index in [1.807, 2.05) is 0 Å². The monoisotopic (exact) mass is 446 g/mol. The Morgan fingerprint density at radius 1 is 0.700 bits per heavy atom. The molecule has 6 heteroatoms. The van der Waals surface area contributed by atoms with E-state index in [-0.39, 0.29) is 5.75 Å². The lowest BCUT2D eigenvalue weighted by atomic mass is 10.0. The second-order valence-electron chi connectivity index (χ2n) is 8.69. The third kappa shape index (κ3) is 21.9. The zero-order valence-corrected chi connectivity index (χ0v) is 21.0. The van der Waals surface area contributed by atoms with Crippen LogP contribution in [-0.4, -0.2) is 48.8 Å². The first-order valence-corrected chi connectivity index (χ1v) is 14.1. The molecule has 1 rings (SSSR count). The van der Waals surface area contributed by atoms with Crippen molar-refractivity contribution in [2.75, 3.05) is 26.0 Å². The van der Waals surface area contributed by atoms with Crippen molar-refractivity contribution in [3.63, 3.8) is 0 Å². The molecule has 0 unspecified atom stereocenters. The molecular formula is C24H50N2O3S. The number of hydrogen-bond donors (Lipinski definition) is 1. The van der Waals surface area contributed by atoms with E-state index in [1.54, 1.807) is 0 Å². The normalized spacial score (nSPS) is 13.6. The Labute approximate surface area is 188 Å². The molecule has 0 aliphatic carbocycles. The van der Waals surface area contributed by atoms with Gasteiger partial charge in [-0.05, 0) is 13.3 Å². The molecule has 0 saturated heterocycles. The maximum atomic E-state index is 10.5. The molecule has 0 fully saturated rings. The van der Waals surface area contributed by atoms with Crippen molar-refractivity contribution in [3.05, 3.63) is 12.4 Å². The standard InChI is InChI=1S/C18H38O3S.C6H12N2/c1-2-3-4-5-6-7-8-9-10-11-12-13-14-15-16-17-18-22(19,20)21;1-3-8-5-4-7(2)6-8/h2-18H2,1H3,(H,19,20,21);4-5H,3,6H2,1-2H3. The van der Waals surface area contributed by atoms with Gasteiger partial charge < -0.3 is 9.80 Å². The smallest absolute Gasteiger partial charge is 0.264 e. The van der Waals surface area contributed by atoms with Gasteiger partial charge in [-0.15, -0.1) is 0 Å². The van der Waals surface area contributed by atoms with E-state index in [2.05, 4.69) is 43.1 Å². The fourth-order valence-corrected chi connectivity index (χ4v) is 4.20. The highest BCUT2D eigenvalue weighted by atomic mass is 32.2. The van der Waals surface area contributed by atoms with Crippen LogP contribution in [0.25, 0.3) is 0 Å². The van der Waals surface area contributed by atoms with Crippen LogP contribution >= 0.6 is 0 Å². The highest BCUT2D eigenvalue weighted by Crippen LogP contribution is 2.13. The SMILES string of the molecule is CCCCCCCCCCCCCCCCCCS(=O)(=O)O.CCN1C=CN(C)C1. The van der Waals surface area contributed by atoms with Gasteiger partial charge in [-0.1, -0.05) is 103 Å². The molecule has 5 nitrogen and oxygen atoms in total. The maximum absolute atomic E-state index is 10.5. The predicted octanol–water partition coefficient (Wildman–Crippen LogP) is 6.82. The van der Waals surface area contributed by atoms with Gasteiger partial charge in [0.2, 0.25) is 0 Å². The fraction of sp³-hybridized carbons (Fsp3) is 0.917. The number of rotatable bonds is 18. The largest absolute Gasteiger partial charge is 0.362 e. The minimum absolute atomic E-state index is 0.0779. The van der Waals surface area contributed by atoms with E-state index < -0.39 is 10.1 Å². The van der Waals surface area contributed by atoms with Gasteiger partial charge in [0, 0.05) is 26.0 Å². The summed E-state index contributed by atoms with van der Waals surface area (Å²) in [6, 6.07) is 0. The summed E-state index contributed by atoms with van der Waals surface area (Å²) in [7, 11) is -1.67. The first kappa shape index (κ1) is 29.2. The minimum Gasteiger partial charge on any atom is -0.362 e. The van der Waals surface area contributed by atoms with Gasteiger partial charge >= 0.3 is 0 Å². The van der Waals surface area contributed by atoms with Crippen LogP contribution < -0.4 is 0 Å². The summed E-state index contributed by atoms with van der Waals surface area (Å²) in [5.74, 6) is -0.0779. The molecule has 1 N–H and O–H groups in total. The first-order chi connectivity index (χ1) is 14.4. The summed E-state index contributed by atoms with van der Waals surface area (Å²) in [6.45, 7) is 6.58. The Morgan fingerprint density at radius 2 is 1.10 bits per heavy atom. The van der Waals surface area contributed by atoms with E-state index in [4.69, 9.17) is 4.55 Å². The van der Waals surface area contributed by atoms with Crippen LogP contribution in [0.3, 0.4) is 0 Å². The zero-order valence-electron chi connectivity index (χ0n) is 20.2. The van der Waals surface area contributed by atoms with Crippen LogP contribution in [0.15, 0.2) is 12.4 Å². The van der Waals surface area contributed by atoms with Crippen molar-refractivity contribution in [1.29, 1.82) is 0 Å². The van der Waals surface area contributed by atoms with Gasteiger partial charge in [-0.3, -0.25) is 4.55 Å². The fourth-order valence-electron chi connectivity index (χ4n) is 3.63. The van der Waals surface area contributed by atoms with Gasteiger partial charge in [0.25, 0.3) is 10.1 Å². The van der Waals surface area contributed by atoms with Crippen LogP contribution in [0.1, 0.15) is 117 Å². The summed E-state index contributed by atoms with van der Waals surface area (Å²) in [5.41, 5.74) is 0. The molecule has 180 valence electrons. The Balaban J connectivity index is 0.000000867. The van der Waals surface area contributed by atoms with Crippen LogP contribution in [0.5, 0.6) is 0 Å². The summed E-state index contributed by atoms with van der Waals surface area (Å²) >= 11 is 0. The van der Waals surface area contributed by atoms with E-state index in [0.717, 1.165) is 26.1 Å². The molecule has 0 aromatic heterocycles. The topological polar surface area (TPSA) is 60.9 Å². The van der Waals surface area contributed by atoms with Crippen molar-refractivity contribution in [1.82, 2.24) is 9.80 Å². The molecule has 1 aliphatic heterocycles.